The first-order valence-electron chi connectivity index (χ1n) is 11.4. The number of hydrogen-bond donors (Lipinski definition) is 3. The highest BCUT2D eigenvalue weighted by Gasteiger charge is 2.38. The molecule has 1 aliphatic heterocycles. The number of halogens is 3. The van der Waals surface area contributed by atoms with Crippen LogP contribution in [0.4, 0.5) is 18.9 Å². The number of carboxylic acid groups (broad SMARTS) is 1. The minimum Gasteiger partial charge on any atom is -0.475 e. The van der Waals surface area contributed by atoms with Gasteiger partial charge in [0.25, 0.3) is 0 Å². The minimum atomic E-state index is -5.08. The topological polar surface area (TPSA) is 122 Å². The van der Waals surface area contributed by atoms with E-state index in [1.165, 1.54) is 0 Å². The van der Waals surface area contributed by atoms with E-state index < -0.39 is 12.1 Å². The Morgan fingerprint density at radius 1 is 1.00 bits per heavy atom. The summed E-state index contributed by atoms with van der Waals surface area (Å²) in [5, 5.41) is 13.5. The lowest BCUT2D eigenvalue weighted by Gasteiger charge is -2.20. The molecule has 1 fully saturated rings. The first-order chi connectivity index (χ1) is 17.1. The summed E-state index contributed by atoms with van der Waals surface area (Å²) in [4.78, 5) is 46.5. The second-order valence-corrected chi connectivity index (χ2v) is 8.19. The molecule has 1 saturated heterocycles. The molecule has 0 amide bonds. The molecular weight excluding hydrogens is 481 g/mol. The number of ketones is 2. The molecule has 36 heavy (non-hydrogen) atoms. The first kappa shape index (κ1) is 26.9. The Kier molecular flexibility index (Phi) is 8.81. The Bertz CT molecular complexity index is 1140. The molecule has 8 nitrogen and oxygen atoms in total. The van der Waals surface area contributed by atoms with E-state index in [2.05, 4.69) is 10.6 Å². The van der Waals surface area contributed by atoms with E-state index in [-0.39, 0.29) is 23.6 Å². The van der Waals surface area contributed by atoms with E-state index in [4.69, 9.17) is 14.6 Å². The van der Waals surface area contributed by atoms with Gasteiger partial charge in [-0.3, -0.25) is 14.4 Å². The largest absolute Gasteiger partial charge is 0.490 e. The van der Waals surface area contributed by atoms with Crippen LogP contribution in [0.5, 0.6) is 0 Å². The SMILES string of the molecule is O=C(O)C(F)(F)F.O=C1c2ccccc2C(=O)c2c(NCCCCOC(=O)[C@@H]3CCCN3)cccc21. The fourth-order valence-electron chi connectivity index (χ4n) is 3.90. The van der Waals surface area contributed by atoms with Crippen molar-refractivity contribution in [3.8, 4) is 0 Å². The molecule has 0 radical (unpaired) electrons. The monoisotopic (exact) mass is 506 g/mol. The molecule has 1 aliphatic carbocycles. The van der Waals surface area contributed by atoms with Crippen molar-refractivity contribution in [1.82, 2.24) is 5.32 Å². The summed E-state index contributed by atoms with van der Waals surface area (Å²) < 4.78 is 37.0. The number of ether oxygens (including phenoxy) is 1. The summed E-state index contributed by atoms with van der Waals surface area (Å²) in [5.41, 5.74) is 2.46. The van der Waals surface area contributed by atoms with E-state index in [1.54, 1.807) is 36.4 Å². The zero-order chi connectivity index (χ0) is 26.3. The van der Waals surface area contributed by atoms with E-state index in [0.717, 1.165) is 32.2 Å². The molecule has 2 aromatic carbocycles. The average molecular weight is 506 g/mol. The fourth-order valence-corrected chi connectivity index (χ4v) is 3.90. The number of esters is 1. The van der Waals surface area contributed by atoms with Crippen LogP contribution in [0.3, 0.4) is 0 Å². The molecule has 192 valence electrons. The summed E-state index contributed by atoms with van der Waals surface area (Å²) in [7, 11) is 0. The predicted octanol–water partition coefficient (Wildman–Crippen LogP) is 3.58. The Labute approximate surface area is 204 Å². The lowest BCUT2D eigenvalue weighted by molar-refractivity contribution is -0.192. The van der Waals surface area contributed by atoms with Crippen LogP contribution in [0.1, 0.15) is 57.5 Å². The van der Waals surface area contributed by atoms with Crippen molar-refractivity contribution in [3.63, 3.8) is 0 Å². The lowest BCUT2D eigenvalue weighted by atomic mass is 9.83. The van der Waals surface area contributed by atoms with E-state index in [0.29, 0.717) is 41.1 Å². The van der Waals surface area contributed by atoms with Crippen molar-refractivity contribution in [2.24, 2.45) is 0 Å². The van der Waals surface area contributed by atoms with Crippen molar-refractivity contribution in [1.29, 1.82) is 0 Å². The van der Waals surface area contributed by atoms with Gasteiger partial charge in [0.15, 0.2) is 11.6 Å². The predicted molar refractivity (Wildman–Crippen MR) is 123 cm³/mol. The zero-order valence-electron chi connectivity index (χ0n) is 19.2. The van der Waals surface area contributed by atoms with E-state index in [1.807, 2.05) is 6.07 Å². The molecule has 11 heteroatoms. The first-order valence-corrected chi connectivity index (χ1v) is 11.4. The number of carbonyl (C=O) groups is 4. The Morgan fingerprint density at radius 3 is 2.25 bits per heavy atom. The molecule has 0 spiro atoms. The number of fused-ring (bicyclic) bond motifs is 2. The third-order valence-corrected chi connectivity index (χ3v) is 5.67. The third-order valence-electron chi connectivity index (χ3n) is 5.67. The maximum absolute atomic E-state index is 13.0. The molecule has 0 bridgehead atoms. The Morgan fingerprint density at radius 2 is 1.64 bits per heavy atom. The molecule has 2 aromatic rings. The molecule has 3 N–H and O–H groups in total. The van der Waals surface area contributed by atoms with Crippen LogP contribution in [0, 0.1) is 0 Å². The van der Waals surface area contributed by atoms with Crippen LogP contribution >= 0.6 is 0 Å². The molecule has 1 atom stereocenters. The summed E-state index contributed by atoms with van der Waals surface area (Å²) in [6, 6.07) is 12.1. The molecule has 1 heterocycles. The zero-order valence-corrected chi connectivity index (χ0v) is 19.2. The number of aliphatic carboxylic acids is 1. The number of hydrogen-bond acceptors (Lipinski definition) is 7. The number of alkyl halides is 3. The van der Waals surface area contributed by atoms with Crippen molar-refractivity contribution < 1.29 is 42.2 Å². The van der Waals surface area contributed by atoms with Gasteiger partial charge in [-0.1, -0.05) is 36.4 Å². The summed E-state index contributed by atoms with van der Waals surface area (Å²) in [6.45, 7) is 1.88. The standard InChI is InChI=1S/C23H24N2O4.C2HF3O2/c26-21-15-7-1-2-8-16(15)22(27)20-17(21)9-5-10-18(20)24-12-3-4-14-29-23(28)19-11-6-13-25-19;3-2(4,5)1(6)7/h1-2,5,7-10,19,24-25H,3-4,6,11-14H2;(H,6,7)/t19-;/m0./s1. The minimum absolute atomic E-state index is 0.119. The second-order valence-electron chi connectivity index (χ2n) is 8.19. The van der Waals surface area contributed by atoms with Gasteiger partial charge < -0.3 is 20.5 Å². The van der Waals surface area contributed by atoms with E-state index in [9.17, 15) is 27.6 Å². The molecule has 0 aromatic heterocycles. The fraction of sp³-hybridized carbons (Fsp3) is 0.360. The van der Waals surface area contributed by atoms with Crippen molar-refractivity contribution in [2.45, 2.75) is 37.9 Å². The van der Waals surface area contributed by atoms with Crippen LogP contribution in [-0.4, -0.2) is 60.5 Å². The maximum atomic E-state index is 13.0. The summed E-state index contributed by atoms with van der Waals surface area (Å²) in [5.74, 6) is -3.18. The van der Waals surface area contributed by atoms with Crippen LogP contribution in [0.15, 0.2) is 42.5 Å². The number of unbranched alkanes of at least 4 members (excludes halogenated alkanes) is 1. The smallest absolute Gasteiger partial charge is 0.475 e. The van der Waals surface area contributed by atoms with Gasteiger partial charge in [-0.25, -0.2) is 4.79 Å². The van der Waals surface area contributed by atoms with Gasteiger partial charge >= 0.3 is 18.1 Å². The molecular formula is C25H25F3N2O6. The van der Waals surface area contributed by atoms with Gasteiger partial charge in [0.1, 0.15) is 6.04 Å². The molecule has 0 saturated carbocycles. The summed E-state index contributed by atoms with van der Waals surface area (Å²) >= 11 is 0. The number of benzene rings is 2. The van der Waals surface area contributed by atoms with Crippen molar-refractivity contribution >= 4 is 29.2 Å². The normalized spacial score (nSPS) is 16.4. The number of anilines is 1. The Balaban J connectivity index is 0.000000454. The van der Waals surface area contributed by atoms with Crippen LogP contribution in [0.2, 0.25) is 0 Å². The quantitative estimate of drug-likeness (QED) is 0.328. The van der Waals surface area contributed by atoms with Crippen LogP contribution in [-0.2, 0) is 14.3 Å². The third kappa shape index (κ3) is 6.48. The van der Waals surface area contributed by atoms with E-state index >= 15 is 0 Å². The molecule has 0 unspecified atom stereocenters. The van der Waals surface area contributed by atoms with Crippen molar-refractivity contribution in [3.05, 3.63) is 64.7 Å². The molecule has 4 rings (SSSR count). The summed E-state index contributed by atoms with van der Waals surface area (Å²) in [6.07, 6.45) is -1.71. The van der Waals surface area contributed by atoms with Gasteiger partial charge in [-0.05, 0) is 38.3 Å². The van der Waals surface area contributed by atoms with Gasteiger partial charge in [0.2, 0.25) is 0 Å². The number of carboxylic acids is 1. The number of rotatable bonds is 7. The van der Waals surface area contributed by atoms with Gasteiger partial charge in [-0.15, -0.1) is 0 Å². The van der Waals surface area contributed by atoms with Gasteiger partial charge in [0, 0.05) is 28.9 Å². The highest BCUT2D eigenvalue weighted by molar-refractivity contribution is 6.30. The average Bonchev–Trinajstić information content (AvgIpc) is 3.39. The lowest BCUT2D eigenvalue weighted by Crippen LogP contribution is -2.32. The van der Waals surface area contributed by atoms with Gasteiger partial charge in [-0.2, -0.15) is 13.2 Å². The number of nitrogens with one attached hydrogen (secondary N) is 2. The highest BCUT2D eigenvalue weighted by atomic mass is 19.4. The van der Waals surface area contributed by atoms with Gasteiger partial charge in [0.05, 0.1) is 12.2 Å². The molecule has 2 aliphatic rings. The van der Waals surface area contributed by atoms with Crippen LogP contribution in [0.25, 0.3) is 0 Å². The number of carbonyl (C=O) groups excluding carboxylic acids is 3. The maximum Gasteiger partial charge on any atom is 0.490 e. The second kappa shape index (κ2) is 11.8. The van der Waals surface area contributed by atoms with Crippen LogP contribution < -0.4 is 10.6 Å². The highest BCUT2D eigenvalue weighted by Crippen LogP contribution is 2.31. The van der Waals surface area contributed by atoms with Crippen molar-refractivity contribution in [2.75, 3.05) is 25.0 Å². The Hall–Kier alpha value is -3.73.